The summed E-state index contributed by atoms with van der Waals surface area (Å²) in [5, 5.41) is 3.28. The summed E-state index contributed by atoms with van der Waals surface area (Å²) in [4.78, 5) is 25.4. The Kier molecular flexibility index (Phi) is 6.22. The predicted molar refractivity (Wildman–Crippen MR) is 115 cm³/mol. The lowest BCUT2D eigenvalue weighted by molar-refractivity contribution is 0.102. The number of aromatic nitrogens is 1. The molecule has 3 rings (SSSR count). The second kappa shape index (κ2) is 8.63. The van der Waals surface area contributed by atoms with Crippen molar-refractivity contribution in [2.45, 2.75) is 26.8 Å². The van der Waals surface area contributed by atoms with Crippen molar-refractivity contribution in [3.63, 3.8) is 0 Å². The monoisotopic (exact) mass is 414 g/mol. The van der Waals surface area contributed by atoms with Crippen molar-refractivity contribution < 1.29 is 4.79 Å². The number of aryl methyl sites for hydroxylation is 2. The van der Waals surface area contributed by atoms with Gasteiger partial charge in [0.1, 0.15) is 5.56 Å². The van der Waals surface area contributed by atoms with Crippen LogP contribution >= 0.6 is 23.2 Å². The fourth-order valence-electron chi connectivity index (χ4n) is 3.21. The Morgan fingerprint density at radius 2 is 1.75 bits per heavy atom. The topological polar surface area (TPSA) is 51.1 Å². The van der Waals surface area contributed by atoms with Crippen LogP contribution < -0.4 is 10.7 Å². The maximum absolute atomic E-state index is 12.8. The number of rotatable bonds is 5. The van der Waals surface area contributed by atoms with Gasteiger partial charge in [0.25, 0.3) is 5.91 Å². The zero-order valence-corrected chi connectivity index (χ0v) is 17.1. The number of hydrogen-bond donors (Lipinski definition) is 1. The van der Waals surface area contributed by atoms with Crippen molar-refractivity contribution in [1.29, 1.82) is 0 Å². The Hall–Kier alpha value is -2.56. The van der Waals surface area contributed by atoms with E-state index in [2.05, 4.69) is 17.4 Å². The van der Waals surface area contributed by atoms with Gasteiger partial charge in [-0.1, -0.05) is 59.6 Å². The van der Waals surface area contributed by atoms with Crippen LogP contribution in [-0.4, -0.2) is 10.5 Å². The molecule has 1 heterocycles. The van der Waals surface area contributed by atoms with Crippen LogP contribution in [0.5, 0.6) is 0 Å². The highest BCUT2D eigenvalue weighted by Gasteiger charge is 2.19. The van der Waals surface area contributed by atoms with E-state index in [1.165, 1.54) is 11.6 Å². The standard InChI is InChI=1S/C22H20Cl2N2O2/c1-14-13-19(27)20(22(28)25-18-10-6-9-17(23)21(18)24)15(2)26(14)12-11-16-7-4-3-5-8-16/h3-10,13H,11-12H2,1-2H3,(H,25,28). The summed E-state index contributed by atoms with van der Waals surface area (Å²) in [6, 6.07) is 16.5. The fraction of sp³-hybridized carbons (Fsp3) is 0.182. The highest BCUT2D eigenvalue weighted by Crippen LogP contribution is 2.29. The highest BCUT2D eigenvalue weighted by molar-refractivity contribution is 6.44. The zero-order chi connectivity index (χ0) is 20.3. The van der Waals surface area contributed by atoms with Crippen molar-refractivity contribution in [2.75, 3.05) is 5.32 Å². The van der Waals surface area contributed by atoms with Crippen LogP contribution in [0.4, 0.5) is 5.69 Å². The third-order valence-corrected chi connectivity index (χ3v) is 5.49. The van der Waals surface area contributed by atoms with E-state index < -0.39 is 5.91 Å². The lowest BCUT2D eigenvalue weighted by atomic mass is 10.1. The Labute approximate surface area is 173 Å². The third-order valence-electron chi connectivity index (χ3n) is 4.67. The highest BCUT2D eigenvalue weighted by atomic mass is 35.5. The van der Waals surface area contributed by atoms with Crippen molar-refractivity contribution >= 4 is 34.8 Å². The lowest BCUT2D eigenvalue weighted by Gasteiger charge is -2.18. The summed E-state index contributed by atoms with van der Waals surface area (Å²) in [6.45, 7) is 4.32. The summed E-state index contributed by atoms with van der Waals surface area (Å²) >= 11 is 12.2. The first-order valence-corrected chi connectivity index (χ1v) is 9.64. The van der Waals surface area contributed by atoms with Gasteiger partial charge in [-0.15, -0.1) is 0 Å². The molecule has 0 saturated heterocycles. The SMILES string of the molecule is Cc1cc(=O)c(C(=O)Nc2cccc(Cl)c2Cl)c(C)n1CCc1ccccc1. The van der Waals surface area contributed by atoms with E-state index in [4.69, 9.17) is 23.2 Å². The summed E-state index contributed by atoms with van der Waals surface area (Å²) in [6.07, 6.45) is 0.798. The smallest absolute Gasteiger partial charge is 0.261 e. The summed E-state index contributed by atoms with van der Waals surface area (Å²) in [5.41, 5.74) is 2.79. The van der Waals surface area contributed by atoms with Gasteiger partial charge in [-0.05, 0) is 38.0 Å². The number of nitrogens with one attached hydrogen (secondary N) is 1. The van der Waals surface area contributed by atoms with Crippen LogP contribution in [-0.2, 0) is 13.0 Å². The minimum absolute atomic E-state index is 0.106. The molecule has 0 fully saturated rings. The Balaban J connectivity index is 1.91. The molecule has 1 aromatic heterocycles. The average Bonchev–Trinajstić information content (AvgIpc) is 2.66. The second-order valence-electron chi connectivity index (χ2n) is 6.55. The minimum atomic E-state index is -0.500. The fourth-order valence-corrected chi connectivity index (χ4v) is 3.56. The van der Waals surface area contributed by atoms with Gasteiger partial charge in [0, 0.05) is 24.0 Å². The molecule has 0 aliphatic rings. The number of carbonyl (C=O) groups is 1. The molecule has 0 aliphatic carbocycles. The number of nitrogens with zero attached hydrogens (tertiary/aromatic N) is 1. The number of pyridine rings is 1. The van der Waals surface area contributed by atoms with Crippen molar-refractivity contribution in [1.82, 2.24) is 4.57 Å². The molecule has 0 spiro atoms. The van der Waals surface area contributed by atoms with Crippen LogP contribution in [0, 0.1) is 13.8 Å². The summed E-state index contributed by atoms with van der Waals surface area (Å²) in [7, 11) is 0. The summed E-state index contributed by atoms with van der Waals surface area (Å²) in [5.74, 6) is -0.500. The molecule has 0 radical (unpaired) electrons. The van der Waals surface area contributed by atoms with Gasteiger partial charge in [-0.3, -0.25) is 9.59 Å². The molecular formula is C22H20Cl2N2O2. The number of benzene rings is 2. The molecule has 0 atom stereocenters. The van der Waals surface area contributed by atoms with Crippen LogP contribution in [0.3, 0.4) is 0 Å². The number of carbonyl (C=O) groups excluding carboxylic acids is 1. The molecule has 3 aromatic rings. The first-order valence-electron chi connectivity index (χ1n) is 8.89. The molecule has 0 bridgehead atoms. The number of amides is 1. The molecule has 0 aliphatic heterocycles. The molecule has 144 valence electrons. The van der Waals surface area contributed by atoms with Gasteiger partial charge < -0.3 is 9.88 Å². The Bertz CT molecular complexity index is 1080. The minimum Gasteiger partial charge on any atom is -0.348 e. The normalized spacial score (nSPS) is 10.7. The van der Waals surface area contributed by atoms with E-state index in [0.29, 0.717) is 22.9 Å². The molecule has 28 heavy (non-hydrogen) atoms. The van der Waals surface area contributed by atoms with Gasteiger partial charge in [-0.25, -0.2) is 0 Å². The van der Waals surface area contributed by atoms with Crippen LogP contribution in [0.2, 0.25) is 10.0 Å². The largest absolute Gasteiger partial charge is 0.348 e. The van der Waals surface area contributed by atoms with Crippen LogP contribution in [0.1, 0.15) is 27.3 Å². The predicted octanol–water partition coefficient (Wildman–Crippen LogP) is 5.27. The van der Waals surface area contributed by atoms with E-state index in [9.17, 15) is 9.59 Å². The molecule has 1 N–H and O–H groups in total. The van der Waals surface area contributed by atoms with Gasteiger partial charge in [0.05, 0.1) is 15.7 Å². The van der Waals surface area contributed by atoms with E-state index in [1.54, 1.807) is 25.1 Å². The molecule has 6 heteroatoms. The van der Waals surface area contributed by atoms with Gasteiger partial charge in [-0.2, -0.15) is 0 Å². The molecule has 1 amide bonds. The second-order valence-corrected chi connectivity index (χ2v) is 7.34. The van der Waals surface area contributed by atoms with Gasteiger partial charge in [0.15, 0.2) is 5.43 Å². The van der Waals surface area contributed by atoms with Crippen molar-refractivity contribution in [3.05, 3.63) is 97.4 Å². The first-order chi connectivity index (χ1) is 13.4. The van der Waals surface area contributed by atoms with E-state index >= 15 is 0 Å². The number of halogens is 2. The maximum atomic E-state index is 12.8. The maximum Gasteiger partial charge on any atom is 0.261 e. The zero-order valence-electron chi connectivity index (χ0n) is 15.6. The van der Waals surface area contributed by atoms with Crippen LogP contribution in [0.15, 0.2) is 59.4 Å². The lowest BCUT2D eigenvalue weighted by Crippen LogP contribution is -2.27. The van der Waals surface area contributed by atoms with Crippen molar-refractivity contribution in [3.8, 4) is 0 Å². The number of anilines is 1. The number of hydrogen-bond acceptors (Lipinski definition) is 2. The Morgan fingerprint density at radius 1 is 1.04 bits per heavy atom. The van der Waals surface area contributed by atoms with Crippen LogP contribution in [0.25, 0.3) is 0 Å². The van der Waals surface area contributed by atoms with E-state index in [0.717, 1.165) is 12.1 Å². The molecule has 4 nitrogen and oxygen atoms in total. The first kappa shape index (κ1) is 20.2. The van der Waals surface area contributed by atoms with Crippen molar-refractivity contribution in [2.24, 2.45) is 0 Å². The molecule has 0 saturated carbocycles. The van der Waals surface area contributed by atoms with E-state index in [1.807, 2.05) is 29.7 Å². The quantitative estimate of drug-likeness (QED) is 0.618. The third kappa shape index (κ3) is 4.29. The Morgan fingerprint density at radius 3 is 2.46 bits per heavy atom. The van der Waals surface area contributed by atoms with E-state index in [-0.39, 0.29) is 16.0 Å². The van der Waals surface area contributed by atoms with Gasteiger partial charge >= 0.3 is 0 Å². The molecule has 0 unspecified atom stereocenters. The molecule has 2 aromatic carbocycles. The summed E-state index contributed by atoms with van der Waals surface area (Å²) < 4.78 is 1.99. The molecular weight excluding hydrogens is 395 g/mol. The van der Waals surface area contributed by atoms with Gasteiger partial charge in [0.2, 0.25) is 0 Å². The average molecular weight is 415 g/mol.